The van der Waals surface area contributed by atoms with Crippen LogP contribution in [0.3, 0.4) is 0 Å². The number of carbonyl (C=O) groups is 4. The van der Waals surface area contributed by atoms with E-state index in [9.17, 15) is 19.2 Å². The summed E-state index contributed by atoms with van der Waals surface area (Å²) in [4.78, 5) is 50.6. The minimum absolute atomic E-state index is 0.0308. The van der Waals surface area contributed by atoms with Crippen molar-refractivity contribution in [3.8, 4) is 11.5 Å². The van der Waals surface area contributed by atoms with Gasteiger partial charge in [-0.3, -0.25) is 9.59 Å². The Morgan fingerprint density at radius 1 is 0.719 bits per heavy atom. The van der Waals surface area contributed by atoms with Gasteiger partial charge in [-0.05, 0) is 24.0 Å². The van der Waals surface area contributed by atoms with E-state index < -0.39 is 23.9 Å². The Morgan fingerprint density at radius 3 is 1.81 bits per heavy atom. The fourth-order valence-corrected chi connectivity index (χ4v) is 3.02. The Morgan fingerprint density at radius 2 is 1.25 bits per heavy atom. The number of rotatable bonds is 6. The van der Waals surface area contributed by atoms with E-state index in [2.05, 4.69) is 0 Å². The molecule has 3 rings (SSSR count). The second-order valence-electron chi connectivity index (χ2n) is 8.13. The van der Waals surface area contributed by atoms with Crippen LogP contribution in [-0.2, 0) is 9.47 Å². The van der Waals surface area contributed by atoms with Gasteiger partial charge in [0.2, 0.25) is 0 Å². The highest BCUT2D eigenvalue weighted by molar-refractivity contribution is 6.29. The molecule has 0 bridgehead atoms. The maximum atomic E-state index is 13.2. The molecule has 0 saturated carbocycles. The highest BCUT2D eigenvalue weighted by atomic mass is 16.7. The zero-order valence-electron chi connectivity index (χ0n) is 18.3. The summed E-state index contributed by atoms with van der Waals surface area (Å²) < 4.78 is 20.5. The van der Waals surface area contributed by atoms with Gasteiger partial charge < -0.3 is 18.9 Å². The number of benzene rings is 2. The van der Waals surface area contributed by atoms with E-state index in [0.717, 1.165) is 0 Å². The molecule has 8 nitrogen and oxygen atoms in total. The molecule has 32 heavy (non-hydrogen) atoms. The molecule has 2 aromatic rings. The molecule has 1 aliphatic carbocycles. The molecule has 0 saturated heterocycles. The Kier molecular flexibility index (Phi) is 6.92. The molecule has 0 heterocycles. The van der Waals surface area contributed by atoms with Crippen molar-refractivity contribution >= 4 is 23.9 Å². The monoisotopic (exact) mass is 440 g/mol. The number of fused-ring (bicyclic) bond motifs is 2. The van der Waals surface area contributed by atoms with Gasteiger partial charge >= 0.3 is 12.3 Å². The summed E-state index contributed by atoms with van der Waals surface area (Å²) in [5.41, 5.74) is 0.251. The molecule has 8 heteroatoms. The first-order chi connectivity index (χ1) is 15.2. The molecule has 0 amide bonds. The van der Waals surface area contributed by atoms with Crippen molar-refractivity contribution in [3.63, 3.8) is 0 Å². The molecule has 0 spiro atoms. The molecule has 2 aromatic carbocycles. The van der Waals surface area contributed by atoms with Crippen molar-refractivity contribution in [1.29, 1.82) is 0 Å². The molecule has 0 aromatic heterocycles. The first-order valence-corrected chi connectivity index (χ1v) is 10.2. The Balaban J connectivity index is 2.03. The molecule has 0 atom stereocenters. The summed E-state index contributed by atoms with van der Waals surface area (Å²) in [7, 11) is 0. The quantitative estimate of drug-likeness (QED) is 0.397. The number of ketones is 2. The zero-order valence-corrected chi connectivity index (χ0v) is 18.3. The zero-order chi connectivity index (χ0) is 23.4. The first kappa shape index (κ1) is 23.0. The average molecular weight is 440 g/mol. The lowest BCUT2D eigenvalue weighted by Gasteiger charge is -2.21. The highest BCUT2D eigenvalue weighted by Crippen LogP contribution is 2.40. The second-order valence-corrected chi connectivity index (χ2v) is 8.13. The molecule has 0 fully saturated rings. The van der Waals surface area contributed by atoms with Gasteiger partial charge in [-0.2, -0.15) is 0 Å². The van der Waals surface area contributed by atoms with Crippen molar-refractivity contribution in [2.24, 2.45) is 11.8 Å². The summed E-state index contributed by atoms with van der Waals surface area (Å²) in [6.07, 6.45) is -2.12. The topological polar surface area (TPSA) is 105 Å². The molecule has 0 aliphatic heterocycles. The van der Waals surface area contributed by atoms with Crippen LogP contribution in [0.5, 0.6) is 11.5 Å². The van der Waals surface area contributed by atoms with Gasteiger partial charge in [0, 0.05) is 16.7 Å². The maximum Gasteiger partial charge on any atom is 0.514 e. The van der Waals surface area contributed by atoms with Crippen LogP contribution in [-0.4, -0.2) is 37.1 Å². The number of carbonyl (C=O) groups excluding carboxylic acids is 4. The predicted molar refractivity (Wildman–Crippen MR) is 113 cm³/mol. The SMILES string of the molecule is CC(C)COC(=O)Oc1ccc2c(c1OC(=O)OCC(C)C)C(=O)c1ccccc1C2=O. The molecule has 1 aliphatic rings. The van der Waals surface area contributed by atoms with E-state index in [1.165, 1.54) is 18.2 Å². The van der Waals surface area contributed by atoms with E-state index in [0.29, 0.717) is 0 Å². The highest BCUT2D eigenvalue weighted by Gasteiger charge is 2.35. The third-order valence-corrected chi connectivity index (χ3v) is 4.46. The molecular formula is C24H24O8. The van der Waals surface area contributed by atoms with Crippen LogP contribution < -0.4 is 9.47 Å². The first-order valence-electron chi connectivity index (χ1n) is 10.2. The van der Waals surface area contributed by atoms with Crippen LogP contribution in [0.2, 0.25) is 0 Å². The maximum absolute atomic E-state index is 13.2. The molecule has 0 unspecified atom stereocenters. The van der Waals surface area contributed by atoms with Crippen LogP contribution in [0.4, 0.5) is 9.59 Å². The normalized spacial score (nSPS) is 12.3. The summed E-state index contributed by atoms with van der Waals surface area (Å²) in [6.45, 7) is 7.59. The lowest BCUT2D eigenvalue weighted by molar-refractivity contribution is 0.0786. The van der Waals surface area contributed by atoms with Crippen LogP contribution in [0.1, 0.15) is 59.5 Å². The van der Waals surface area contributed by atoms with Gasteiger partial charge in [-0.1, -0.05) is 52.0 Å². The van der Waals surface area contributed by atoms with Crippen molar-refractivity contribution in [2.45, 2.75) is 27.7 Å². The van der Waals surface area contributed by atoms with E-state index >= 15 is 0 Å². The average Bonchev–Trinajstić information content (AvgIpc) is 2.75. The van der Waals surface area contributed by atoms with Gasteiger partial charge in [0.1, 0.15) is 0 Å². The summed E-state index contributed by atoms with van der Waals surface area (Å²) in [6, 6.07) is 8.95. The molecule has 0 N–H and O–H groups in total. The van der Waals surface area contributed by atoms with E-state index in [1.807, 2.05) is 27.7 Å². The van der Waals surface area contributed by atoms with Crippen molar-refractivity contribution in [1.82, 2.24) is 0 Å². The summed E-state index contributed by atoms with van der Waals surface area (Å²) in [5.74, 6) is -1.44. The van der Waals surface area contributed by atoms with Crippen LogP contribution >= 0.6 is 0 Å². The minimum Gasteiger partial charge on any atom is -0.434 e. The molecule has 0 radical (unpaired) electrons. The number of ether oxygens (including phenoxy) is 4. The summed E-state index contributed by atoms with van der Waals surface area (Å²) in [5, 5.41) is 0. The van der Waals surface area contributed by atoms with Crippen molar-refractivity contribution in [2.75, 3.05) is 13.2 Å². The molecule has 168 valence electrons. The van der Waals surface area contributed by atoms with Gasteiger partial charge in [0.25, 0.3) is 0 Å². The van der Waals surface area contributed by atoms with E-state index in [-0.39, 0.29) is 58.8 Å². The lowest BCUT2D eigenvalue weighted by atomic mass is 9.83. The van der Waals surface area contributed by atoms with Crippen molar-refractivity contribution in [3.05, 3.63) is 58.7 Å². The standard InChI is InChI=1S/C24H24O8/c1-13(2)11-29-23(27)31-18-10-9-17-19(22(18)32-24(28)30-12-14(3)4)21(26)16-8-6-5-7-15(16)20(17)25/h5-10,13-14H,11-12H2,1-4H3. The Labute approximate surface area is 185 Å². The summed E-state index contributed by atoms with van der Waals surface area (Å²) >= 11 is 0. The Bertz CT molecular complexity index is 1070. The fourth-order valence-electron chi connectivity index (χ4n) is 3.02. The predicted octanol–water partition coefficient (Wildman–Crippen LogP) is 4.80. The van der Waals surface area contributed by atoms with Crippen LogP contribution in [0.15, 0.2) is 36.4 Å². The minimum atomic E-state index is -1.09. The van der Waals surface area contributed by atoms with Crippen LogP contribution in [0.25, 0.3) is 0 Å². The molecular weight excluding hydrogens is 416 g/mol. The second kappa shape index (κ2) is 9.64. The smallest absolute Gasteiger partial charge is 0.434 e. The Hall–Kier alpha value is -3.68. The van der Waals surface area contributed by atoms with Crippen molar-refractivity contribution < 1.29 is 38.1 Å². The van der Waals surface area contributed by atoms with Gasteiger partial charge in [-0.25, -0.2) is 9.59 Å². The third kappa shape index (κ3) is 4.96. The van der Waals surface area contributed by atoms with Crippen LogP contribution in [0, 0.1) is 11.8 Å². The van der Waals surface area contributed by atoms with Gasteiger partial charge in [0.15, 0.2) is 23.1 Å². The van der Waals surface area contributed by atoms with E-state index in [1.54, 1.807) is 18.2 Å². The van der Waals surface area contributed by atoms with Gasteiger partial charge in [0.05, 0.1) is 18.8 Å². The number of hydrogen-bond donors (Lipinski definition) is 0. The van der Waals surface area contributed by atoms with E-state index in [4.69, 9.17) is 18.9 Å². The number of hydrogen-bond acceptors (Lipinski definition) is 8. The van der Waals surface area contributed by atoms with Gasteiger partial charge in [-0.15, -0.1) is 0 Å². The third-order valence-electron chi connectivity index (χ3n) is 4.46. The fraction of sp³-hybridized carbons (Fsp3) is 0.333. The largest absolute Gasteiger partial charge is 0.514 e. The lowest BCUT2D eigenvalue weighted by Crippen LogP contribution is -2.24.